The van der Waals surface area contributed by atoms with Crippen molar-refractivity contribution in [1.29, 1.82) is 0 Å². The second kappa shape index (κ2) is 8.25. The van der Waals surface area contributed by atoms with Crippen molar-refractivity contribution in [1.82, 2.24) is 10.2 Å². The Morgan fingerprint density at radius 2 is 1.71 bits per heavy atom. The molecule has 0 saturated carbocycles. The van der Waals surface area contributed by atoms with Crippen molar-refractivity contribution >= 4 is 0 Å². The highest BCUT2D eigenvalue weighted by Gasteiger charge is 2.16. The van der Waals surface area contributed by atoms with Crippen LogP contribution in [0.15, 0.2) is 0 Å². The summed E-state index contributed by atoms with van der Waals surface area (Å²) in [6.45, 7) is 14.8. The summed E-state index contributed by atoms with van der Waals surface area (Å²) < 4.78 is 0. The van der Waals surface area contributed by atoms with Gasteiger partial charge in [-0.15, -0.1) is 0 Å². The van der Waals surface area contributed by atoms with Gasteiger partial charge in [-0.2, -0.15) is 0 Å². The number of hydrogen-bond donors (Lipinski definition) is 1. The number of hydrogen-bond acceptors (Lipinski definition) is 2. The minimum atomic E-state index is 0.703. The molecule has 0 bridgehead atoms. The van der Waals surface area contributed by atoms with E-state index in [0.717, 1.165) is 19.1 Å². The average Bonchev–Trinajstić information content (AvgIpc) is 2.19. The van der Waals surface area contributed by atoms with Crippen molar-refractivity contribution in [2.24, 2.45) is 0 Å². The van der Waals surface area contributed by atoms with Gasteiger partial charge in [0.1, 0.15) is 0 Å². The average molecular weight is 200 g/mol. The van der Waals surface area contributed by atoms with Crippen LogP contribution in [0.5, 0.6) is 0 Å². The van der Waals surface area contributed by atoms with E-state index in [9.17, 15) is 0 Å². The lowest BCUT2D eigenvalue weighted by Gasteiger charge is -2.33. The minimum Gasteiger partial charge on any atom is -0.317 e. The maximum atomic E-state index is 3.39. The van der Waals surface area contributed by atoms with E-state index in [0.29, 0.717) is 6.04 Å². The van der Waals surface area contributed by atoms with Crippen molar-refractivity contribution in [2.45, 2.75) is 59.5 Å². The maximum absolute atomic E-state index is 3.39. The Balaban J connectivity index is 3.84. The summed E-state index contributed by atoms with van der Waals surface area (Å²) in [5.41, 5.74) is 0. The standard InChI is InChI=1S/C12H28N2/c1-6-11(4)14(8-3)12(5)9-10-13-7-2/h11-13H,6-10H2,1-5H3. The molecule has 0 aliphatic carbocycles. The van der Waals surface area contributed by atoms with Gasteiger partial charge in [-0.25, -0.2) is 0 Å². The lowest BCUT2D eigenvalue weighted by atomic mass is 10.1. The number of rotatable bonds is 8. The molecule has 0 spiro atoms. The Hall–Kier alpha value is -0.0800. The molecule has 0 fully saturated rings. The van der Waals surface area contributed by atoms with E-state index in [1.165, 1.54) is 19.4 Å². The topological polar surface area (TPSA) is 15.3 Å². The quantitative estimate of drug-likeness (QED) is 0.606. The molecule has 2 unspecified atom stereocenters. The monoisotopic (exact) mass is 200 g/mol. The van der Waals surface area contributed by atoms with Gasteiger partial charge >= 0.3 is 0 Å². The minimum absolute atomic E-state index is 0.703. The normalized spacial score (nSPS) is 15.9. The van der Waals surface area contributed by atoms with Gasteiger partial charge in [0.25, 0.3) is 0 Å². The van der Waals surface area contributed by atoms with Gasteiger partial charge in [0.05, 0.1) is 0 Å². The fourth-order valence-corrected chi connectivity index (χ4v) is 1.95. The summed E-state index contributed by atoms with van der Waals surface area (Å²) in [7, 11) is 0. The van der Waals surface area contributed by atoms with E-state index in [1.807, 2.05) is 0 Å². The third kappa shape index (κ3) is 4.97. The Kier molecular flexibility index (Phi) is 8.20. The molecule has 2 nitrogen and oxygen atoms in total. The first-order valence-corrected chi connectivity index (χ1v) is 6.13. The third-order valence-corrected chi connectivity index (χ3v) is 3.08. The van der Waals surface area contributed by atoms with E-state index in [-0.39, 0.29) is 0 Å². The zero-order chi connectivity index (χ0) is 11.0. The van der Waals surface area contributed by atoms with E-state index < -0.39 is 0 Å². The van der Waals surface area contributed by atoms with Crippen molar-refractivity contribution in [2.75, 3.05) is 19.6 Å². The smallest absolute Gasteiger partial charge is 0.00817 e. The van der Waals surface area contributed by atoms with Gasteiger partial charge in [-0.3, -0.25) is 4.90 Å². The first kappa shape index (κ1) is 13.9. The summed E-state index contributed by atoms with van der Waals surface area (Å²) in [4.78, 5) is 2.59. The van der Waals surface area contributed by atoms with E-state index >= 15 is 0 Å². The Morgan fingerprint density at radius 3 is 2.14 bits per heavy atom. The molecule has 0 aliphatic rings. The molecule has 14 heavy (non-hydrogen) atoms. The fraction of sp³-hybridized carbons (Fsp3) is 1.00. The van der Waals surface area contributed by atoms with Gasteiger partial charge in [0, 0.05) is 12.1 Å². The summed E-state index contributed by atoms with van der Waals surface area (Å²) in [5, 5.41) is 3.39. The van der Waals surface area contributed by atoms with Crippen LogP contribution in [-0.4, -0.2) is 36.6 Å². The van der Waals surface area contributed by atoms with Crippen LogP contribution < -0.4 is 5.32 Å². The van der Waals surface area contributed by atoms with Crippen LogP contribution in [0.1, 0.15) is 47.5 Å². The molecule has 0 saturated heterocycles. The third-order valence-electron chi connectivity index (χ3n) is 3.08. The molecular formula is C12H28N2. The first-order chi connectivity index (χ1) is 6.67. The highest BCUT2D eigenvalue weighted by Crippen LogP contribution is 2.10. The summed E-state index contributed by atoms with van der Waals surface area (Å²) in [5.74, 6) is 0. The van der Waals surface area contributed by atoms with Crippen LogP contribution in [0.25, 0.3) is 0 Å². The molecule has 0 aromatic heterocycles. The maximum Gasteiger partial charge on any atom is 0.00817 e. The SMILES string of the molecule is CCNCCC(C)N(CC)C(C)CC. The number of nitrogens with one attached hydrogen (secondary N) is 1. The van der Waals surface area contributed by atoms with Gasteiger partial charge in [0.2, 0.25) is 0 Å². The molecule has 86 valence electrons. The fourth-order valence-electron chi connectivity index (χ4n) is 1.95. The summed E-state index contributed by atoms with van der Waals surface area (Å²) in [6, 6.07) is 1.42. The summed E-state index contributed by atoms with van der Waals surface area (Å²) in [6.07, 6.45) is 2.51. The highest BCUT2D eigenvalue weighted by atomic mass is 15.2. The van der Waals surface area contributed by atoms with Crippen LogP contribution in [0.2, 0.25) is 0 Å². The molecule has 0 radical (unpaired) electrons. The van der Waals surface area contributed by atoms with Crippen LogP contribution >= 0.6 is 0 Å². The second-order valence-corrected chi connectivity index (χ2v) is 4.08. The highest BCUT2D eigenvalue weighted by molar-refractivity contribution is 4.72. The molecule has 0 rings (SSSR count). The van der Waals surface area contributed by atoms with Gasteiger partial charge in [-0.05, 0) is 46.3 Å². The molecule has 1 N–H and O–H groups in total. The molecule has 0 aliphatic heterocycles. The van der Waals surface area contributed by atoms with Crippen molar-refractivity contribution in [3.8, 4) is 0 Å². The molecular weight excluding hydrogens is 172 g/mol. The number of nitrogens with zero attached hydrogens (tertiary/aromatic N) is 1. The lowest BCUT2D eigenvalue weighted by molar-refractivity contribution is 0.151. The Labute approximate surface area is 90.1 Å². The molecule has 0 aromatic carbocycles. The van der Waals surface area contributed by atoms with Gasteiger partial charge < -0.3 is 5.32 Å². The van der Waals surface area contributed by atoms with Gasteiger partial charge in [0.15, 0.2) is 0 Å². The molecule has 0 amide bonds. The van der Waals surface area contributed by atoms with Crippen LogP contribution in [0.3, 0.4) is 0 Å². The predicted octanol–water partition coefficient (Wildman–Crippen LogP) is 2.49. The Bertz CT molecular complexity index is 125. The van der Waals surface area contributed by atoms with Crippen molar-refractivity contribution < 1.29 is 0 Å². The molecule has 0 aromatic rings. The van der Waals surface area contributed by atoms with Crippen molar-refractivity contribution in [3.63, 3.8) is 0 Å². The van der Waals surface area contributed by atoms with E-state index in [1.54, 1.807) is 0 Å². The lowest BCUT2D eigenvalue weighted by Crippen LogP contribution is -2.41. The van der Waals surface area contributed by atoms with E-state index in [4.69, 9.17) is 0 Å². The molecule has 2 atom stereocenters. The summed E-state index contributed by atoms with van der Waals surface area (Å²) >= 11 is 0. The van der Waals surface area contributed by atoms with Crippen LogP contribution in [0.4, 0.5) is 0 Å². The molecule has 2 heteroatoms. The predicted molar refractivity (Wildman–Crippen MR) is 64.8 cm³/mol. The first-order valence-electron chi connectivity index (χ1n) is 6.13. The van der Waals surface area contributed by atoms with Crippen LogP contribution in [-0.2, 0) is 0 Å². The second-order valence-electron chi connectivity index (χ2n) is 4.08. The van der Waals surface area contributed by atoms with Crippen LogP contribution in [0, 0.1) is 0 Å². The largest absolute Gasteiger partial charge is 0.317 e. The Morgan fingerprint density at radius 1 is 1.07 bits per heavy atom. The molecule has 0 heterocycles. The zero-order valence-electron chi connectivity index (χ0n) is 10.6. The zero-order valence-corrected chi connectivity index (χ0v) is 10.6. The van der Waals surface area contributed by atoms with Crippen molar-refractivity contribution in [3.05, 3.63) is 0 Å². The van der Waals surface area contributed by atoms with E-state index in [2.05, 4.69) is 44.8 Å². The van der Waals surface area contributed by atoms with Gasteiger partial charge in [-0.1, -0.05) is 20.8 Å².